The number of hydrogen-bond acceptors (Lipinski definition) is 5. The number of anilines is 1. The molecule has 0 saturated carbocycles. The predicted molar refractivity (Wildman–Crippen MR) is 112 cm³/mol. The van der Waals surface area contributed by atoms with Crippen LogP contribution in [-0.4, -0.2) is 28.0 Å². The standard InChI is InChI=1S/C22H20FN3O5/c1-13-6-4-5-7-19(13)25-14(2)10-17(15(25)3)22(28)31-12-21(27)24-16-8-9-18(23)20(11-16)26(29)30/h4-11H,12H2,1-3H3,(H,24,27). The van der Waals surface area contributed by atoms with Gasteiger partial charge in [0.2, 0.25) is 5.82 Å². The van der Waals surface area contributed by atoms with Gasteiger partial charge in [0.25, 0.3) is 5.91 Å². The Morgan fingerprint density at radius 2 is 1.84 bits per heavy atom. The number of benzene rings is 2. The summed E-state index contributed by atoms with van der Waals surface area (Å²) in [5.41, 5.74) is 3.06. The molecule has 3 rings (SSSR count). The molecule has 1 N–H and O–H groups in total. The lowest BCUT2D eigenvalue weighted by atomic mass is 10.2. The minimum absolute atomic E-state index is 0.0203. The third-order valence-corrected chi connectivity index (χ3v) is 4.77. The number of aromatic nitrogens is 1. The van der Waals surface area contributed by atoms with E-state index in [1.54, 1.807) is 13.0 Å². The van der Waals surface area contributed by atoms with Crippen LogP contribution < -0.4 is 5.32 Å². The fraction of sp³-hybridized carbons (Fsp3) is 0.182. The van der Waals surface area contributed by atoms with Gasteiger partial charge in [-0.1, -0.05) is 18.2 Å². The fourth-order valence-electron chi connectivity index (χ4n) is 3.29. The second kappa shape index (κ2) is 8.78. The molecule has 31 heavy (non-hydrogen) atoms. The Hall–Kier alpha value is -4.01. The van der Waals surface area contributed by atoms with Crippen LogP contribution in [0.25, 0.3) is 5.69 Å². The van der Waals surface area contributed by atoms with E-state index in [2.05, 4.69) is 5.32 Å². The second-order valence-electron chi connectivity index (χ2n) is 6.95. The Kier molecular flexibility index (Phi) is 6.15. The molecule has 9 heteroatoms. The van der Waals surface area contributed by atoms with E-state index in [9.17, 15) is 24.1 Å². The number of nitro groups is 1. The molecule has 3 aromatic rings. The van der Waals surface area contributed by atoms with Crippen LogP contribution in [0.2, 0.25) is 0 Å². The molecule has 0 aliphatic carbocycles. The number of rotatable bonds is 6. The Morgan fingerprint density at radius 3 is 2.52 bits per heavy atom. The zero-order valence-electron chi connectivity index (χ0n) is 17.1. The van der Waals surface area contributed by atoms with E-state index in [4.69, 9.17) is 4.74 Å². The highest BCUT2D eigenvalue weighted by molar-refractivity contribution is 5.96. The van der Waals surface area contributed by atoms with Gasteiger partial charge in [0.1, 0.15) is 0 Å². The lowest BCUT2D eigenvalue weighted by molar-refractivity contribution is -0.387. The Morgan fingerprint density at radius 1 is 1.13 bits per heavy atom. The first-order valence-electron chi connectivity index (χ1n) is 9.35. The van der Waals surface area contributed by atoms with Crippen LogP contribution in [0, 0.1) is 36.7 Å². The third-order valence-electron chi connectivity index (χ3n) is 4.77. The van der Waals surface area contributed by atoms with Crippen LogP contribution in [-0.2, 0) is 9.53 Å². The summed E-state index contributed by atoms with van der Waals surface area (Å²) in [5.74, 6) is -2.39. The van der Waals surface area contributed by atoms with Gasteiger partial charge in [-0.2, -0.15) is 4.39 Å². The van der Waals surface area contributed by atoms with Gasteiger partial charge >= 0.3 is 11.7 Å². The lowest BCUT2D eigenvalue weighted by Gasteiger charge is -2.12. The van der Waals surface area contributed by atoms with E-state index >= 15 is 0 Å². The van der Waals surface area contributed by atoms with E-state index in [1.807, 2.05) is 42.7 Å². The van der Waals surface area contributed by atoms with Crippen LogP contribution in [0.1, 0.15) is 27.3 Å². The molecular weight excluding hydrogens is 405 g/mol. The van der Waals surface area contributed by atoms with E-state index in [-0.39, 0.29) is 5.69 Å². The Labute approximate surface area is 177 Å². The molecule has 0 radical (unpaired) electrons. The van der Waals surface area contributed by atoms with Gasteiger partial charge in [-0.15, -0.1) is 0 Å². The number of carbonyl (C=O) groups excluding carboxylic acids is 2. The third kappa shape index (κ3) is 4.61. The van der Waals surface area contributed by atoms with Crippen LogP contribution >= 0.6 is 0 Å². The lowest BCUT2D eigenvalue weighted by Crippen LogP contribution is -2.21. The second-order valence-corrected chi connectivity index (χ2v) is 6.95. The summed E-state index contributed by atoms with van der Waals surface area (Å²) >= 11 is 0. The first-order valence-corrected chi connectivity index (χ1v) is 9.35. The molecular formula is C22H20FN3O5. The minimum atomic E-state index is -1.02. The summed E-state index contributed by atoms with van der Waals surface area (Å²) in [6.07, 6.45) is 0. The molecule has 1 aromatic heterocycles. The quantitative estimate of drug-likeness (QED) is 0.361. The van der Waals surface area contributed by atoms with Crippen molar-refractivity contribution >= 4 is 23.3 Å². The highest BCUT2D eigenvalue weighted by Gasteiger charge is 2.20. The van der Waals surface area contributed by atoms with Crippen molar-refractivity contribution in [2.45, 2.75) is 20.8 Å². The van der Waals surface area contributed by atoms with Crippen molar-refractivity contribution in [2.24, 2.45) is 0 Å². The summed E-state index contributed by atoms with van der Waals surface area (Å²) in [6.45, 7) is 5.02. The molecule has 0 saturated heterocycles. The number of nitrogens with one attached hydrogen (secondary N) is 1. The molecule has 0 aliphatic rings. The van der Waals surface area contributed by atoms with Crippen molar-refractivity contribution in [3.05, 3.63) is 87.0 Å². The summed E-state index contributed by atoms with van der Waals surface area (Å²) in [6, 6.07) is 12.4. The zero-order chi connectivity index (χ0) is 22.7. The first kappa shape index (κ1) is 21.7. The van der Waals surface area contributed by atoms with Gasteiger partial charge in [-0.05, 0) is 50.6 Å². The number of halogens is 1. The van der Waals surface area contributed by atoms with Crippen molar-refractivity contribution < 1.29 is 23.6 Å². The average molecular weight is 425 g/mol. The van der Waals surface area contributed by atoms with Crippen LogP contribution in [0.15, 0.2) is 48.5 Å². The molecule has 0 aliphatic heterocycles. The average Bonchev–Trinajstić information content (AvgIpc) is 3.02. The predicted octanol–water partition coefficient (Wildman–Crippen LogP) is 4.25. The van der Waals surface area contributed by atoms with E-state index in [0.717, 1.165) is 29.1 Å². The number of esters is 1. The molecule has 1 heterocycles. The molecule has 160 valence electrons. The zero-order valence-corrected chi connectivity index (χ0v) is 17.1. The van der Waals surface area contributed by atoms with Crippen molar-refractivity contribution in [2.75, 3.05) is 11.9 Å². The molecule has 8 nitrogen and oxygen atoms in total. The Bertz CT molecular complexity index is 1190. The van der Waals surface area contributed by atoms with Gasteiger partial charge in [0, 0.05) is 28.8 Å². The van der Waals surface area contributed by atoms with Crippen molar-refractivity contribution in [3.8, 4) is 5.69 Å². The van der Waals surface area contributed by atoms with Crippen LogP contribution in [0.4, 0.5) is 15.8 Å². The van der Waals surface area contributed by atoms with Crippen molar-refractivity contribution in [3.63, 3.8) is 0 Å². The molecule has 0 fully saturated rings. The van der Waals surface area contributed by atoms with E-state index in [0.29, 0.717) is 11.3 Å². The van der Waals surface area contributed by atoms with Crippen LogP contribution in [0.5, 0.6) is 0 Å². The Balaban J connectivity index is 1.70. The van der Waals surface area contributed by atoms with Gasteiger partial charge in [0.15, 0.2) is 6.61 Å². The highest BCUT2D eigenvalue weighted by Crippen LogP contribution is 2.24. The molecule has 1 amide bonds. The molecule has 0 bridgehead atoms. The van der Waals surface area contributed by atoms with Gasteiger partial charge in [-0.3, -0.25) is 14.9 Å². The SMILES string of the molecule is Cc1ccccc1-n1c(C)cc(C(=O)OCC(=O)Nc2ccc(F)c([N+](=O)[O-])c2)c1C. The number of carbonyl (C=O) groups is 2. The maximum absolute atomic E-state index is 13.4. The molecule has 2 aromatic carbocycles. The maximum Gasteiger partial charge on any atom is 0.340 e. The number of hydrogen-bond donors (Lipinski definition) is 1. The fourth-order valence-corrected chi connectivity index (χ4v) is 3.29. The van der Waals surface area contributed by atoms with Crippen LogP contribution in [0.3, 0.4) is 0 Å². The number of amides is 1. The van der Waals surface area contributed by atoms with E-state index < -0.39 is 34.9 Å². The largest absolute Gasteiger partial charge is 0.452 e. The first-order chi connectivity index (χ1) is 14.7. The van der Waals surface area contributed by atoms with Crippen molar-refractivity contribution in [1.82, 2.24) is 4.57 Å². The monoisotopic (exact) mass is 425 g/mol. The number of aryl methyl sites for hydroxylation is 2. The number of para-hydroxylation sites is 1. The van der Waals surface area contributed by atoms with Crippen molar-refractivity contribution in [1.29, 1.82) is 0 Å². The minimum Gasteiger partial charge on any atom is -0.452 e. The summed E-state index contributed by atoms with van der Waals surface area (Å²) < 4.78 is 20.4. The number of nitro benzene ring substituents is 1. The van der Waals surface area contributed by atoms with Gasteiger partial charge < -0.3 is 14.6 Å². The maximum atomic E-state index is 13.4. The van der Waals surface area contributed by atoms with Gasteiger partial charge in [0.05, 0.1) is 10.5 Å². The normalized spacial score (nSPS) is 10.6. The molecule has 0 unspecified atom stereocenters. The number of nitrogens with zero attached hydrogens (tertiary/aromatic N) is 2. The topological polar surface area (TPSA) is 103 Å². The number of ether oxygens (including phenoxy) is 1. The van der Waals surface area contributed by atoms with E-state index in [1.165, 1.54) is 6.07 Å². The molecule has 0 spiro atoms. The highest BCUT2D eigenvalue weighted by atomic mass is 19.1. The summed E-state index contributed by atoms with van der Waals surface area (Å²) in [5, 5.41) is 13.1. The molecule has 0 atom stereocenters. The summed E-state index contributed by atoms with van der Waals surface area (Å²) in [7, 11) is 0. The van der Waals surface area contributed by atoms with Gasteiger partial charge in [-0.25, -0.2) is 4.79 Å². The summed E-state index contributed by atoms with van der Waals surface area (Å²) in [4.78, 5) is 34.5. The smallest absolute Gasteiger partial charge is 0.340 e.